The van der Waals surface area contributed by atoms with Gasteiger partial charge in [-0.3, -0.25) is 0 Å². The van der Waals surface area contributed by atoms with Gasteiger partial charge in [0.05, 0.1) is 30.0 Å². The summed E-state index contributed by atoms with van der Waals surface area (Å²) in [6.07, 6.45) is 3.31. The Morgan fingerprint density at radius 3 is 2.77 bits per heavy atom. The third-order valence-electron chi connectivity index (χ3n) is 3.39. The molecule has 0 radical (unpaired) electrons. The molecular weight excluding hydrogens is 362 g/mol. The van der Waals surface area contributed by atoms with Crippen LogP contribution in [0.25, 0.3) is 5.52 Å². The molecule has 0 aliphatic heterocycles. The number of halogens is 1. The van der Waals surface area contributed by atoms with E-state index in [-0.39, 0.29) is 5.04 Å². The zero-order chi connectivity index (χ0) is 16.3. The second kappa shape index (κ2) is 6.81. The average molecular weight is 381 g/mol. The lowest BCUT2D eigenvalue weighted by molar-refractivity contribution is 0.211. The maximum atomic E-state index is 9.04. The van der Waals surface area contributed by atoms with Crippen LogP contribution in [-0.2, 0) is 4.43 Å². The number of hydrogen-bond donors (Lipinski definition) is 0. The van der Waals surface area contributed by atoms with E-state index < -0.39 is 9.04 Å². The van der Waals surface area contributed by atoms with Crippen molar-refractivity contribution in [1.29, 1.82) is 5.26 Å². The van der Waals surface area contributed by atoms with Crippen LogP contribution in [0.15, 0.2) is 22.9 Å². The minimum Gasteiger partial charge on any atom is -0.489 e. The van der Waals surface area contributed by atoms with Crippen molar-refractivity contribution in [2.75, 3.05) is 13.2 Å². The fraction of sp³-hybridized carbons (Fsp3) is 0.467. The zero-order valence-corrected chi connectivity index (χ0v) is 15.8. The van der Waals surface area contributed by atoms with Crippen molar-refractivity contribution in [2.45, 2.75) is 32.4 Å². The van der Waals surface area contributed by atoms with Gasteiger partial charge in [0.1, 0.15) is 30.1 Å². The van der Waals surface area contributed by atoms with Gasteiger partial charge in [-0.1, -0.05) is 0 Å². The van der Waals surface area contributed by atoms with E-state index in [4.69, 9.17) is 14.4 Å². The van der Waals surface area contributed by atoms with Crippen LogP contribution in [-0.4, -0.2) is 31.9 Å². The van der Waals surface area contributed by atoms with Gasteiger partial charge in [-0.2, -0.15) is 10.4 Å². The van der Waals surface area contributed by atoms with E-state index in [1.807, 2.05) is 6.07 Å². The molecule has 0 fully saturated rings. The summed E-state index contributed by atoms with van der Waals surface area (Å²) in [4.78, 5) is 0. The molecule has 0 N–H and O–H groups in total. The van der Waals surface area contributed by atoms with E-state index in [0.29, 0.717) is 24.5 Å². The molecule has 0 saturated heterocycles. The summed E-state index contributed by atoms with van der Waals surface area (Å²) in [6.45, 7) is 9.80. The minimum absolute atomic E-state index is 0.218. The van der Waals surface area contributed by atoms with Crippen LogP contribution in [0.2, 0.25) is 11.6 Å². The Labute approximate surface area is 140 Å². The molecule has 5 nitrogen and oxygen atoms in total. The molecule has 22 heavy (non-hydrogen) atoms. The van der Waals surface area contributed by atoms with Crippen LogP contribution in [0.4, 0.5) is 0 Å². The first-order chi connectivity index (χ1) is 10.3. The van der Waals surface area contributed by atoms with E-state index in [2.05, 4.69) is 54.4 Å². The monoisotopic (exact) mass is 380 g/mol. The third kappa shape index (κ3) is 3.88. The number of ether oxygens (including phenoxy) is 1. The summed E-state index contributed by atoms with van der Waals surface area (Å²) in [7, 11) is -0.844. The first-order valence-electron chi connectivity index (χ1n) is 6.99. The van der Waals surface area contributed by atoms with Gasteiger partial charge in [0.25, 0.3) is 0 Å². The van der Waals surface area contributed by atoms with Crippen molar-refractivity contribution < 1.29 is 9.16 Å². The van der Waals surface area contributed by atoms with Crippen LogP contribution < -0.4 is 4.74 Å². The van der Waals surface area contributed by atoms with Gasteiger partial charge in [-0.25, -0.2) is 8.94 Å². The highest BCUT2D eigenvalue weighted by Gasteiger charge is 2.38. The Hall–Kier alpha value is -1.36. The van der Waals surface area contributed by atoms with Gasteiger partial charge in [-0.05, 0) is 42.8 Å². The van der Waals surface area contributed by atoms with Crippen molar-refractivity contribution in [2.24, 2.45) is 0 Å². The number of rotatable bonds is 5. The summed E-state index contributed by atoms with van der Waals surface area (Å²) in [5.74, 6) is 0.691. The summed E-state index contributed by atoms with van der Waals surface area (Å²) in [5.41, 5.74) is 1.28. The van der Waals surface area contributed by atoms with Crippen molar-refractivity contribution in [3.05, 3.63) is 28.5 Å². The largest absolute Gasteiger partial charge is 0.489 e. The van der Waals surface area contributed by atoms with Gasteiger partial charge < -0.3 is 4.74 Å². The van der Waals surface area contributed by atoms with E-state index in [0.717, 1.165) is 9.99 Å². The highest BCUT2D eigenvalue weighted by Crippen LogP contribution is 2.28. The molecule has 0 atom stereocenters. The zero-order valence-electron chi connectivity index (χ0n) is 13.2. The number of aromatic nitrogens is 2. The summed E-state index contributed by atoms with van der Waals surface area (Å²) in [6, 6.07) is 3.96. The summed E-state index contributed by atoms with van der Waals surface area (Å²) >= 11 is 3.46. The fourth-order valence-electron chi connectivity index (χ4n) is 1.78. The normalized spacial score (nSPS) is 11.5. The molecule has 116 valence electrons. The molecule has 0 aliphatic rings. The van der Waals surface area contributed by atoms with Crippen molar-refractivity contribution in [1.82, 2.24) is 9.61 Å². The lowest BCUT2D eigenvalue weighted by Crippen LogP contribution is -2.27. The lowest BCUT2D eigenvalue weighted by Gasteiger charge is -2.12. The molecule has 2 heterocycles. The lowest BCUT2D eigenvalue weighted by atomic mass is 10.3. The van der Waals surface area contributed by atoms with Crippen molar-refractivity contribution in [3.8, 4) is 11.8 Å². The average Bonchev–Trinajstić information content (AvgIpc) is 2.85. The summed E-state index contributed by atoms with van der Waals surface area (Å²) < 4.78 is 14.0. The van der Waals surface area contributed by atoms with E-state index in [9.17, 15) is 0 Å². The number of pyridine rings is 1. The number of fused-ring (bicyclic) bond motifs is 1. The Morgan fingerprint density at radius 1 is 1.41 bits per heavy atom. The second-order valence-electron chi connectivity index (χ2n) is 5.99. The SMILES string of the molecule is C[Si+](OCCOc1cc(Br)c2c(C#N)cnn2c1)C(C)(C)C. The molecule has 0 unspecified atom stereocenters. The molecule has 2 rings (SSSR count). The van der Waals surface area contributed by atoms with Crippen LogP contribution in [0.1, 0.15) is 26.3 Å². The molecule has 0 saturated carbocycles. The Morgan fingerprint density at radius 2 is 2.14 bits per heavy atom. The van der Waals surface area contributed by atoms with Gasteiger partial charge in [0.15, 0.2) is 0 Å². The van der Waals surface area contributed by atoms with Crippen molar-refractivity contribution in [3.63, 3.8) is 0 Å². The Balaban J connectivity index is 1.97. The van der Waals surface area contributed by atoms with E-state index in [1.165, 1.54) is 0 Å². The van der Waals surface area contributed by atoms with E-state index in [1.54, 1.807) is 16.9 Å². The van der Waals surface area contributed by atoms with Crippen LogP contribution in [0.3, 0.4) is 0 Å². The molecule has 2 aromatic heterocycles. The van der Waals surface area contributed by atoms with Crippen LogP contribution in [0.5, 0.6) is 5.75 Å². The van der Waals surface area contributed by atoms with Gasteiger partial charge in [0.2, 0.25) is 0 Å². The molecule has 0 spiro atoms. The topological polar surface area (TPSA) is 59.5 Å². The smallest absolute Gasteiger partial charge is 0.475 e. The standard InChI is InChI=1S/C15H19BrN3O2Si/c1-15(2,3)22(4)21-6-5-20-12-7-13(16)14-11(8-17)9-18-19(14)10-12/h7,9-10H,5-6H2,1-4H3/q+1. The molecule has 0 bridgehead atoms. The summed E-state index contributed by atoms with van der Waals surface area (Å²) in [5, 5.41) is 13.4. The number of nitriles is 1. The predicted molar refractivity (Wildman–Crippen MR) is 90.4 cm³/mol. The molecule has 2 aromatic rings. The van der Waals surface area contributed by atoms with Gasteiger partial charge >= 0.3 is 9.04 Å². The molecule has 0 aliphatic carbocycles. The number of hydrogen-bond acceptors (Lipinski definition) is 4. The molecule has 0 aromatic carbocycles. The first kappa shape index (κ1) is 17.0. The quantitative estimate of drug-likeness (QED) is 0.584. The minimum atomic E-state index is -0.844. The predicted octanol–water partition coefficient (Wildman–Crippen LogP) is 3.79. The maximum absolute atomic E-state index is 9.04. The fourth-order valence-corrected chi connectivity index (χ4v) is 3.22. The second-order valence-corrected chi connectivity index (χ2v) is 9.75. The maximum Gasteiger partial charge on any atom is 0.475 e. The molecular formula is C15H19BrN3O2Si+. The Kier molecular flexibility index (Phi) is 5.27. The molecule has 7 heteroatoms. The van der Waals surface area contributed by atoms with Crippen LogP contribution in [0, 0.1) is 11.3 Å². The highest BCUT2D eigenvalue weighted by molar-refractivity contribution is 9.10. The highest BCUT2D eigenvalue weighted by atomic mass is 79.9. The molecule has 0 amide bonds. The third-order valence-corrected chi connectivity index (χ3v) is 6.74. The van der Waals surface area contributed by atoms with Gasteiger partial charge in [0, 0.05) is 4.47 Å². The number of nitrogens with zero attached hydrogens (tertiary/aromatic N) is 3. The Bertz CT molecular complexity index is 703. The van der Waals surface area contributed by atoms with E-state index >= 15 is 0 Å². The van der Waals surface area contributed by atoms with Crippen molar-refractivity contribution >= 4 is 30.5 Å². The van der Waals surface area contributed by atoms with Crippen LogP contribution >= 0.6 is 15.9 Å². The van der Waals surface area contributed by atoms with Gasteiger partial charge in [-0.15, -0.1) is 0 Å². The first-order valence-corrected chi connectivity index (χ1v) is 9.69.